The lowest BCUT2D eigenvalue weighted by Crippen LogP contribution is -2.17. The number of nitrogens with one attached hydrogen (secondary N) is 1. The molecule has 1 N–H and O–H groups in total. The number of anilines is 1. The lowest BCUT2D eigenvalue weighted by molar-refractivity contribution is -0.143. The first-order chi connectivity index (χ1) is 11.4. The van der Waals surface area contributed by atoms with Crippen LogP contribution in [-0.4, -0.2) is 5.91 Å². The van der Waals surface area contributed by atoms with E-state index in [0.717, 1.165) is 0 Å². The molecule has 25 heavy (non-hydrogen) atoms. The third-order valence-electron chi connectivity index (χ3n) is 3.29. The average Bonchev–Trinajstić information content (AvgIpc) is 2.47. The number of carbonyl (C=O) groups is 1. The maximum absolute atomic E-state index is 12.8. The van der Waals surface area contributed by atoms with Gasteiger partial charge in [-0.2, -0.15) is 26.3 Å². The van der Waals surface area contributed by atoms with Crippen LogP contribution in [0.25, 0.3) is 0 Å². The second kappa shape index (κ2) is 6.70. The van der Waals surface area contributed by atoms with Gasteiger partial charge in [-0.15, -0.1) is 0 Å². The summed E-state index contributed by atoms with van der Waals surface area (Å²) in [5.74, 6) is -1.07. The van der Waals surface area contributed by atoms with Crippen molar-refractivity contribution < 1.29 is 31.1 Å². The van der Waals surface area contributed by atoms with Crippen LogP contribution in [0.15, 0.2) is 40.9 Å². The van der Waals surface area contributed by atoms with Gasteiger partial charge in [-0.05, 0) is 48.9 Å². The highest BCUT2D eigenvalue weighted by Crippen LogP contribution is 2.36. The Hall–Kier alpha value is -2.03. The van der Waals surface area contributed by atoms with Gasteiger partial charge >= 0.3 is 12.4 Å². The van der Waals surface area contributed by atoms with Crippen LogP contribution in [-0.2, 0) is 12.4 Å². The number of hydrogen-bond acceptors (Lipinski definition) is 1. The molecule has 134 valence electrons. The molecule has 0 spiro atoms. The molecule has 2 nitrogen and oxygen atoms in total. The van der Waals surface area contributed by atoms with Crippen molar-refractivity contribution in [1.29, 1.82) is 0 Å². The van der Waals surface area contributed by atoms with Crippen LogP contribution in [0.2, 0.25) is 0 Å². The molecule has 0 atom stereocenters. The molecule has 0 saturated carbocycles. The third kappa shape index (κ3) is 4.75. The largest absolute Gasteiger partial charge is 0.416 e. The number of alkyl halides is 6. The fourth-order valence-corrected chi connectivity index (χ4v) is 2.52. The SMILES string of the molecule is Cc1cc(Br)ccc1NC(=O)c1cc(C(F)(F)F)cc(C(F)(F)F)c1. The number of carbonyl (C=O) groups excluding carboxylic acids is 1. The van der Waals surface area contributed by atoms with E-state index in [0.29, 0.717) is 22.2 Å². The topological polar surface area (TPSA) is 29.1 Å². The molecule has 0 unspecified atom stereocenters. The molecule has 2 aromatic carbocycles. The van der Waals surface area contributed by atoms with Crippen LogP contribution in [0.3, 0.4) is 0 Å². The van der Waals surface area contributed by atoms with E-state index in [-0.39, 0.29) is 11.8 Å². The highest BCUT2D eigenvalue weighted by molar-refractivity contribution is 9.10. The molecule has 2 rings (SSSR count). The van der Waals surface area contributed by atoms with E-state index in [1.54, 1.807) is 19.1 Å². The highest BCUT2D eigenvalue weighted by Gasteiger charge is 2.37. The molecule has 2 aromatic rings. The van der Waals surface area contributed by atoms with Gasteiger partial charge in [-0.1, -0.05) is 15.9 Å². The van der Waals surface area contributed by atoms with Crippen LogP contribution in [0.5, 0.6) is 0 Å². The first-order valence-corrected chi connectivity index (χ1v) is 7.54. The van der Waals surface area contributed by atoms with E-state index < -0.39 is 35.0 Å². The zero-order valence-corrected chi connectivity index (χ0v) is 14.1. The second-order valence-electron chi connectivity index (χ2n) is 5.21. The number of benzene rings is 2. The summed E-state index contributed by atoms with van der Waals surface area (Å²) in [6.45, 7) is 1.63. The Morgan fingerprint density at radius 3 is 1.88 bits per heavy atom. The molecule has 0 aliphatic heterocycles. The van der Waals surface area contributed by atoms with E-state index in [1.165, 1.54) is 6.07 Å². The molecule has 0 aromatic heterocycles. The third-order valence-corrected chi connectivity index (χ3v) is 3.78. The first-order valence-electron chi connectivity index (χ1n) is 6.75. The minimum atomic E-state index is -5.01. The van der Waals surface area contributed by atoms with Crippen molar-refractivity contribution in [3.63, 3.8) is 0 Å². The summed E-state index contributed by atoms with van der Waals surface area (Å²) in [7, 11) is 0. The molecule has 0 radical (unpaired) electrons. The number of aryl methyl sites for hydroxylation is 1. The predicted molar refractivity (Wildman–Crippen MR) is 83.3 cm³/mol. The van der Waals surface area contributed by atoms with Crippen molar-refractivity contribution in [3.05, 3.63) is 63.1 Å². The number of hydrogen-bond donors (Lipinski definition) is 1. The zero-order chi connectivity index (χ0) is 19.0. The Morgan fingerprint density at radius 1 is 0.920 bits per heavy atom. The van der Waals surface area contributed by atoms with Crippen LogP contribution in [0, 0.1) is 6.92 Å². The smallest absolute Gasteiger partial charge is 0.322 e. The Labute approximate surface area is 147 Å². The summed E-state index contributed by atoms with van der Waals surface area (Å²) in [5, 5.41) is 2.32. The Balaban J connectivity index is 2.44. The normalized spacial score (nSPS) is 12.2. The van der Waals surface area contributed by atoms with E-state index in [2.05, 4.69) is 21.2 Å². The molecule has 0 bridgehead atoms. The molecule has 0 aliphatic carbocycles. The van der Waals surface area contributed by atoms with Crippen molar-refractivity contribution in [2.45, 2.75) is 19.3 Å². The molecule has 0 heterocycles. The molecular weight excluding hydrogens is 416 g/mol. The van der Waals surface area contributed by atoms with Gasteiger partial charge in [0.15, 0.2) is 0 Å². The van der Waals surface area contributed by atoms with Gasteiger partial charge in [-0.25, -0.2) is 0 Å². The van der Waals surface area contributed by atoms with Gasteiger partial charge in [0.05, 0.1) is 11.1 Å². The zero-order valence-electron chi connectivity index (χ0n) is 12.5. The van der Waals surface area contributed by atoms with Crippen molar-refractivity contribution >= 4 is 27.5 Å². The van der Waals surface area contributed by atoms with Gasteiger partial charge in [0.2, 0.25) is 0 Å². The summed E-state index contributed by atoms with van der Waals surface area (Å²) < 4.78 is 77.7. The first kappa shape index (κ1) is 19.3. The fourth-order valence-electron chi connectivity index (χ4n) is 2.05. The fraction of sp³-hybridized carbons (Fsp3) is 0.188. The summed E-state index contributed by atoms with van der Waals surface area (Å²) in [5.41, 5.74) is -2.95. The van der Waals surface area contributed by atoms with E-state index in [4.69, 9.17) is 0 Å². The molecule has 0 fully saturated rings. The Kier molecular flexibility index (Phi) is 5.17. The van der Waals surface area contributed by atoms with E-state index >= 15 is 0 Å². The standard InChI is InChI=1S/C16H10BrF6NO/c1-8-4-12(17)2-3-13(8)24-14(25)9-5-10(15(18,19)20)7-11(6-9)16(21,22)23/h2-7H,1H3,(H,24,25). The Bertz CT molecular complexity index is 781. The monoisotopic (exact) mass is 425 g/mol. The maximum atomic E-state index is 12.8. The van der Waals surface area contributed by atoms with E-state index in [1.807, 2.05) is 0 Å². The summed E-state index contributed by atoms with van der Waals surface area (Å²) >= 11 is 3.21. The van der Waals surface area contributed by atoms with Gasteiger partial charge in [-0.3, -0.25) is 4.79 Å². The summed E-state index contributed by atoms with van der Waals surface area (Å²) in [6.07, 6.45) is -10.0. The minimum absolute atomic E-state index is 0.0261. The average molecular weight is 426 g/mol. The molecule has 0 aliphatic rings. The lowest BCUT2D eigenvalue weighted by atomic mass is 10.0. The molecule has 0 saturated heterocycles. The molecular formula is C16H10BrF6NO. The van der Waals surface area contributed by atoms with Gasteiger partial charge in [0, 0.05) is 15.7 Å². The lowest BCUT2D eigenvalue weighted by Gasteiger charge is -2.15. The van der Waals surface area contributed by atoms with Crippen LogP contribution >= 0.6 is 15.9 Å². The van der Waals surface area contributed by atoms with Crippen LogP contribution < -0.4 is 5.32 Å². The van der Waals surface area contributed by atoms with Crippen LogP contribution in [0.4, 0.5) is 32.0 Å². The minimum Gasteiger partial charge on any atom is -0.322 e. The Morgan fingerprint density at radius 2 is 1.44 bits per heavy atom. The maximum Gasteiger partial charge on any atom is 0.416 e. The second-order valence-corrected chi connectivity index (χ2v) is 6.12. The van der Waals surface area contributed by atoms with Crippen molar-refractivity contribution in [2.75, 3.05) is 5.32 Å². The van der Waals surface area contributed by atoms with Crippen molar-refractivity contribution in [1.82, 2.24) is 0 Å². The summed E-state index contributed by atoms with van der Waals surface area (Å²) in [4.78, 5) is 12.2. The van der Waals surface area contributed by atoms with Crippen molar-refractivity contribution in [3.8, 4) is 0 Å². The van der Waals surface area contributed by atoms with Gasteiger partial charge in [0.25, 0.3) is 5.91 Å². The van der Waals surface area contributed by atoms with Crippen LogP contribution in [0.1, 0.15) is 27.0 Å². The van der Waals surface area contributed by atoms with Gasteiger partial charge in [0.1, 0.15) is 0 Å². The highest BCUT2D eigenvalue weighted by atomic mass is 79.9. The molecule has 9 heteroatoms. The number of rotatable bonds is 2. The number of halogens is 7. The number of amides is 1. The molecule has 1 amide bonds. The summed E-state index contributed by atoms with van der Waals surface area (Å²) in [6, 6.07) is 5.45. The quantitative estimate of drug-likeness (QED) is 0.583. The predicted octanol–water partition coefficient (Wildman–Crippen LogP) is 6.05. The van der Waals surface area contributed by atoms with Gasteiger partial charge < -0.3 is 5.32 Å². The van der Waals surface area contributed by atoms with E-state index in [9.17, 15) is 31.1 Å². The van der Waals surface area contributed by atoms with Crippen molar-refractivity contribution in [2.24, 2.45) is 0 Å².